The summed E-state index contributed by atoms with van der Waals surface area (Å²) in [6.45, 7) is 30.7. The first-order valence-corrected chi connectivity index (χ1v) is 26.2. The van der Waals surface area contributed by atoms with E-state index < -0.39 is 0 Å². The van der Waals surface area contributed by atoms with Gasteiger partial charge in [0.25, 0.3) is 0 Å². The summed E-state index contributed by atoms with van der Waals surface area (Å²) in [5.41, 5.74) is 0. The van der Waals surface area contributed by atoms with Gasteiger partial charge in [0, 0.05) is 26.4 Å². The van der Waals surface area contributed by atoms with Gasteiger partial charge >= 0.3 is 35.6 Å². The van der Waals surface area contributed by atoms with Crippen LogP contribution in [0.25, 0.3) is 13.9 Å². The zero-order valence-electron chi connectivity index (χ0n) is 23.4. The standard InChI is InChI=1S/3C4H12NSi2.2C4H8O.La/c3*1-6(2)5-7(3)4;2*1-2-4-5-3-1;/h3*1-4H3;2*1-4H2;/q3*-1;;;+3. The minimum Gasteiger partial charge on any atom is -0.673 e. The maximum atomic E-state index is 4.94. The number of hydrogen-bond acceptors (Lipinski definition) is 2. The average molecular weight is 674 g/mol. The molecule has 0 saturated carbocycles. The predicted molar refractivity (Wildman–Crippen MR) is 155 cm³/mol. The summed E-state index contributed by atoms with van der Waals surface area (Å²) in [5, 5.41) is 0. The van der Waals surface area contributed by atoms with Crippen LogP contribution in [0.2, 0.25) is 78.6 Å². The Kier molecular flexibility index (Phi) is 40.6. The van der Waals surface area contributed by atoms with Crippen molar-refractivity contribution in [1.82, 2.24) is 0 Å². The van der Waals surface area contributed by atoms with Crippen molar-refractivity contribution < 1.29 is 45.1 Å². The van der Waals surface area contributed by atoms with Crippen molar-refractivity contribution in [3.8, 4) is 0 Å². The van der Waals surface area contributed by atoms with Crippen LogP contribution in [-0.2, 0) is 9.47 Å². The van der Waals surface area contributed by atoms with Crippen molar-refractivity contribution in [3.05, 3.63) is 13.9 Å². The van der Waals surface area contributed by atoms with E-state index >= 15 is 0 Å². The van der Waals surface area contributed by atoms with Gasteiger partial charge in [0.05, 0.1) is 0 Å². The van der Waals surface area contributed by atoms with Gasteiger partial charge in [-0.05, 0) is 25.7 Å². The molecule has 2 rings (SSSR count). The molecule has 0 aromatic heterocycles. The van der Waals surface area contributed by atoms with E-state index in [2.05, 4.69) is 92.5 Å². The van der Waals surface area contributed by atoms with Crippen molar-refractivity contribution in [1.29, 1.82) is 0 Å². The molecule has 0 aliphatic carbocycles. The van der Waals surface area contributed by atoms with Gasteiger partial charge in [-0.15, -0.1) is 0 Å². The predicted octanol–water partition coefficient (Wildman–Crippen LogP) is 7.18. The van der Waals surface area contributed by atoms with E-state index in [1.807, 2.05) is 0 Å². The van der Waals surface area contributed by atoms with Gasteiger partial charge in [-0.3, -0.25) is 0 Å². The maximum Gasteiger partial charge on any atom is 3.00 e. The average Bonchev–Trinajstić information content (AvgIpc) is 3.32. The van der Waals surface area contributed by atoms with Crippen molar-refractivity contribution in [2.45, 2.75) is 104 Å². The third kappa shape index (κ3) is 53.6. The van der Waals surface area contributed by atoms with Gasteiger partial charge in [-0.2, -0.15) is 0 Å². The van der Waals surface area contributed by atoms with E-state index in [-0.39, 0.29) is 89.3 Å². The van der Waals surface area contributed by atoms with Crippen LogP contribution in [-0.4, -0.2) is 80.2 Å². The molecule has 5 nitrogen and oxygen atoms in total. The van der Waals surface area contributed by atoms with Gasteiger partial charge in [0.2, 0.25) is 0 Å². The maximum absolute atomic E-state index is 4.94. The Bertz CT molecular complexity index is 262. The first-order chi connectivity index (χ1) is 14.4. The number of rotatable bonds is 6. The summed E-state index contributed by atoms with van der Waals surface area (Å²) in [5.74, 6) is 0. The Morgan fingerprint density at radius 2 is 0.531 bits per heavy atom. The molecule has 6 radical (unpaired) electrons. The Morgan fingerprint density at radius 3 is 0.562 bits per heavy atom. The molecule has 0 aromatic carbocycles. The van der Waals surface area contributed by atoms with Crippen LogP contribution >= 0.6 is 0 Å². The van der Waals surface area contributed by atoms with Gasteiger partial charge in [0.15, 0.2) is 0 Å². The van der Waals surface area contributed by atoms with Crippen molar-refractivity contribution >= 4 is 53.7 Å². The molecule has 2 saturated heterocycles. The van der Waals surface area contributed by atoms with Crippen LogP contribution in [0.4, 0.5) is 0 Å². The molecule has 32 heavy (non-hydrogen) atoms. The summed E-state index contributed by atoms with van der Waals surface area (Å²) in [7, 11) is -1.58. The zero-order chi connectivity index (χ0) is 24.7. The molecule has 0 atom stereocenters. The Labute approximate surface area is 241 Å². The molecule has 2 aliphatic rings. The smallest absolute Gasteiger partial charge is 0.673 e. The van der Waals surface area contributed by atoms with Crippen LogP contribution in [0, 0.1) is 35.6 Å². The van der Waals surface area contributed by atoms with Gasteiger partial charge in [-0.25, -0.2) is 0 Å². The van der Waals surface area contributed by atoms with Crippen LogP contribution in [0.1, 0.15) is 25.7 Å². The first-order valence-electron chi connectivity index (χ1n) is 11.5. The van der Waals surface area contributed by atoms with E-state index in [0.717, 1.165) is 26.4 Å². The topological polar surface area (TPSA) is 60.8 Å². The fourth-order valence-electron chi connectivity index (χ4n) is 2.36. The number of hydrogen-bond donors (Lipinski definition) is 0. The van der Waals surface area contributed by atoms with Crippen molar-refractivity contribution in [2.75, 3.05) is 26.4 Å². The molecule has 0 bridgehead atoms. The van der Waals surface area contributed by atoms with Crippen LogP contribution in [0.5, 0.6) is 0 Å². The minimum absolute atomic E-state index is 0. The summed E-state index contributed by atoms with van der Waals surface area (Å²) in [6.07, 6.45) is 5.11. The van der Waals surface area contributed by atoms with Crippen molar-refractivity contribution in [2.24, 2.45) is 0 Å². The Hall–Kier alpha value is 2.30. The van der Waals surface area contributed by atoms with E-state index in [9.17, 15) is 0 Å². The molecule has 12 heteroatoms. The van der Waals surface area contributed by atoms with Gasteiger partial charge in [0.1, 0.15) is 0 Å². The minimum atomic E-state index is -0.264. The second kappa shape index (κ2) is 31.3. The molecule has 2 heterocycles. The van der Waals surface area contributed by atoms with Gasteiger partial charge < -0.3 is 23.4 Å². The van der Waals surface area contributed by atoms with Crippen LogP contribution < -0.4 is 0 Å². The summed E-state index contributed by atoms with van der Waals surface area (Å²) >= 11 is 0. The normalized spacial score (nSPS) is 14.8. The molecular weight excluding hydrogens is 622 g/mol. The summed E-state index contributed by atoms with van der Waals surface area (Å²) < 4.78 is 23.3. The first kappa shape index (κ1) is 41.4. The van der Waals surface area contributed by atoms with Crippen LogP contribution in [0.15, 0.2) is 0 Å². The van der Waals surface area contributed by atoms with Crippen LogP contribution in [0.3, 0.4) is 0 Å². The summed E-state index contributed by atoms with van der Waals surface area (Å²) in [4.78, 5) is 0. The Balaban J connectivity index is -0.000000153. The second-order valence-electron chi connectivity index (χ2n) is 8.66. The zero-order valence-corrected chi connectivity index (χ0v) is 33.0. The largest absolute Gasteiger partial charge is 3.00 e. The molecule has 0 unspecified atom stereocenters. The molecule has 0 spiro atoms. The SMILES string of the molecule is C1CCOC1.C1CCOC1.C[Si](C)[N-][Si](C)C.C[Si](C)[N-][Si](C)C.C[Si](C)[N-][Si](C)C.[La+3]. The number of ether oxygens (including phenoxy) is 2. The summed E-state index contributed by atoms with van der Waals surface area (Å²) in [6, 6.07) is 0. The van der Waals surface area contributed by atoms with E-state index in [0.29, 0.717) is 0 Å². The van der Waals surface area contributed by atoms with E-state index in [1.54, 1.807) is 0 Å². The van der Waals surface area contributed by atoms with Crippen molar-refractivity contribution in [3.63, 3.8) is 0 Å². The quantitative estimate of drug-likeness (QED) is 0.281. The molecule has 2 aliphatic heterocycles. The third-order valence-electron chi connectivity index (χ3n) is 3.00. The molecule has 0 aromatic rings. The Morgan fingerprint density at radius 1 is 0.375 bits per heavy atom. The molecular formula is C20H52LaN3O2Si6. The fourth-order valence-corrected chi connectivity index (χ4v) is 13.1. The van der Waals surface area contributed by atoms with E-state index in [1.165, 1.54) is 25.7 Å². The molecule has 0 amide bonds. The molecule has 0 N–H and O–H groups in total. The fraction of sp³-hybridized carbons (Fsp3) is 1.00. The molecule has 2 fully saturated rings. The second-order valence-corrected chi connectivity index (χ2v) is 22.7. The van der Waals surface area contributed by atoms with E-state index in [4.69, 9.17) is 9.47 Å². The monoisotopic (exact) mass is 673 g/mol. The molecule has 186 valence electrons. The number of nitrogens with zero attached hydrogens (tertiary/aromatic N) is 3. The van der Waals surface area contributed by atoms with Gasteiger partial charge in [-0.1, -0.05) is 132 Å². The third-order valence-corrected chi connectivity index (χ3v) is 13.7.